The van der Waals surface area contributed by atoms with Crippen LogP contribution >= 0.6 is 0 Å². The van der Waals surface area contributed by atoms with Gasteiger partial charge in [-0.05, 0) is 48.9 Å². The van der Waals surface area contributed by atoms with Crippen molar-refractivity contribution in [2.75, 3.05) is 25.0 Å². The van der Waals surface area contributed by atoms with Gasteiger partial charge in [0.15, 0.2) is 0 Å². The summed E-state index contributed by atoms with van der Waals surface area (Å²) in [4.78, 5) is 18.2. The second kappa shape index (κ2) is 7.18. The molecule has 0 bridgehead atoms. The molecule has 4 rings (SSSR count). The summed E-state index contributed by atoms with van der Waals surface area (Å²) in [5, 5.41) is 4.17. The Morgan fingerprint density at radius 2 is 2.04 bits per heavy atom. The monoisotopic (exact) mass is 345 g/mol. The molecule has 0 radical (unpaired) electrons. The van der Waals surface area contributed by atoms with Gasteiger partial charge >= 0.3 is 0 Å². The third-order valence-electron chi connectivity index (χ3n) is 5.06. The summed E-state index contributed by atoms with van der Waals surface area (Å²) in [7, 11) is 0. The van der Waals surface area contributed by atoms with Crippen LogP contribution in [0.15, 0.2) is 60.8 Å². The molecule has 1 amide bonds. The Morgan fingerprint density at radius 1 is 1.19 bits per heavy atom. The van der Waals surface area contributed by atoms with E-state index in [2.05, 4.69) is 40.5 Å². The summed E-state index contributed by atoms with van der Waals surface area (Å²) in [6, 6.07) is 15.3. The Labute approximate surface area is 153 Å². The fourth-order valence-electron chi connectivity index (χ4n) is 3.50. The van der Waals surface area contributed by atoms with E-state index in [1.54, 1.807) is 0 Å². The second-order valence-corrected chi connectivity index (χ2v) is 6.66. The van der Waals surface area contributed by atoms with E-state index in [0.29, 0.717) is 5.56 Å². The van der Waals surface area contributed by atoms with E-state index in [1.165, 1.54) is 11.1 Å². The third kappa shape index (κ3) is 3.28. The maximum atomic E-state index is 12.4. The fraction of sp³-hybridized carbons (Fsp3) is 0.227. The first-order chi connectivity index (χ1) is 12.7. The van der Waals surface area contributed by atoms with Gasteiger partial charge in [-0.15, -0.1) is 0 Å². The Bertz CT molecular complexity index is 956. The van der Waals surface area contributed by atoms with E-state index in [9.17, 15) is 4.79 Å². The molecule has 0 saturated heterocycles. The number of anilines is 1. The first kappa shape index (κ1) is 16.6. The molecular formula is C22H23N3O. The molecule has 0 unspecified atom stereocenters. The van der Waals surface area contributed by atoms with Gasteiger partial charge in [0.25, 0.3) is 5.91 Å². The van der Waals surface area contributed by atoms with Crippen molar-refractivity contribution in [3.05, 3.63) is 71.9 Å². The topological polar surface area (TPSA) is 48.1 Å². The summed E-state index contributed by atoms with van der Waals surface area (Å²) < 4.78 is 0. The molecular weight excluding hydrogens is 322 g/mol. The molecule has 0 saturated carbocycles. The number of H-pyrrole nitrogens is 1. The number of aromatic nitrogens is 1. The maximum absolute atomic E-state index is 12.4. The number of amides is 1. The predicted octanol–water partition coefficient (Wildman–Crippen LogP) is 4.53. The number of fused-ring (bicyclic) bond motifs is 1. The Morgan fingerprint density at radius 3 is 2.77 bits per heavy atom. The lowest BCUT2D eigenvalue weighted by molar-refractivity contribution is 0.102. The molecule has 2 heterocycles. The third-order valence-corrected chi connectivity index (χ3v) is 5.06. The smallest absolute Gasteiger partial charge is 0.255 e. The molecule has 2 N–H and O–H groups in total. The Hall–Kier alpha value is -2.85. The van der Waals surface area contributed by atoms with Crippen LogP contribution in [0.25, 0.3) is 16.5 Å². The van der Waals surface area contributed by atoms with Crippen molar-refractivity contribution in [1.29, 1.82) is 0 Å². The van der Waals surface area contributed by atoms with Crippen molar-refractivity contribution in [2.24, 2.45) is 0 Å². The normalized spacial score (nSPS) is 15.0. The van der Waals surface area contributed by atoms with Crippen molar-refractivity contribution in [1.82, 2.24) is 9.88 Å². The SMILES string of the molecule is CCN1CC=C(c2c[nH]c3ccc(NC(=O)c4ccccc4)cc23)CC1. The van der Waals surface area contributed by atoms with Crippen LogP contribution in [0.3, 0.4) is 0 Å². The summed E-state index contributed by atoms with van der Waals surface area (Å²) >= 11 is 0. The van der Waals surface area contributed by atoms with Crippen LogP contribution < -0.4 is 5.32 Å². The van der Waals surface area contributed by atoms with Crippen molar-refractivity contribution in [3.8, 4) is 0 Å². The van der Waals surface area contributed by atoms with Crippen molar-refractivity contribution in [2.45, 2.75) is 13.3 Å². The van der Waals surface area contributed by atoms with Gasteiger partial charge in [-0.25, -0.2) is 0 Å². The van der Waals surface area contributed by atoms with Gasteiger partial charge in [0, 0.05) is 47.0 Å². The van der Waals surface area contributed by atoms with Gasteiger partial charge in [0.05, 0.1) is 0 Å². The molecule has 1 aliphatic rings. The lowest BCUT2D eigenvalue weighted by atomic mass is 9.98. The minimum Gasteiger partial charge on any atom is -0.361 e. The van der Waals surface area contributed by atoms with Gasteiger partial charge in [0.2, 0.25) is 0 Å². The van der Waals surface area contributed by atoms with Gasteiger partial charge in [-0.2, -0.15) is 0 Å². The molecule has 0 spiro atoms. The van der Waals surface area contributed by atoms with E-state index in [0.717, 1.165) is 42.6 Å². The van der Waals surface area contributed by atoms with Crippen molar-refractivity contribution >= 4 is 28.1 Å². The zero-order valence-corrected chi connectivity index (χ0v) is 15.0. The van der Waals surface area contributed by atoms with Crippen LogP contribution in [0.1, 0.15) is 29.3 Å². The van der Waals surface area contributed by atoms with Crippen LogP contribution in [0.2, 0.25) is 0 Å². The minimum absolute atomic E-state index is 0.0856. The molecule has 1 aliphatic heterocycles. The number of carbonyl (C=O) groups excluding carboxylic acids is 1. The average molecular weight is 345 g/mol. The van der Waals surface area contributed by atoms with Crippen LogP contribution in [-0.2, 0) is 0 Å². The number of likely N-dealkylation sites (N-methyl/N-ethyl adjacent to an activating group) is 1. The first-order valence-electron chi connectivity index (χ1n) is 9.14. The standard InChI is InChI=1S/C22H23N3O/c1-2-25-12-10-16(11-13-25)20-15-23-21-9-8-18(14-19(20)21)24-22(26)17-6-4-3-5-7-17/h3-10,14-15,23H,2,11-13H2,1H3,(H,24,26). The summed E-state index contributed by atoms with van der Waals surface area (Å²) in [6.45, 7) is 5.39. The van der Waals surface area contributed by atoms with E-state index in [1.807, 2.05) is 42.5 Å². The maximum Gasteiger partial charge on any atom is 0.255 e. The lowest BCUT2D eigenvalue weighted by Gasteiger charge is -2.24. The number of hydrogen-bond donors (Lipinski definition) is 2. The number of rotatable bonds is 4. The zero-order valence-electron chi connectivity index (χ0n) is 15.0. The number of aromatic amines is 1. The van der Waals surface area contributed by atoms with Crippen molar-refractivity contribution in [3.63, 3.8) is 0 Å². The largest absolute Gasteiger partial charge is 0.361 e. The molecule has 0 atom stereocenters. The van der Waals surface area contributed by atoms with Crippen molar-refractivity contribution < 1.29 is 4.79 Å². The number of carbonyl (C=O) groups is 1. The molecule has 4 heteroatoms. The molecule has 0 fully saturated rings. The van der Waals surface area contributed by atoms with Gasteiger partial charge in [0.1, 0.15) is 0 Å². The highest BCUT2D eigenvalue weighted by molar-refractivity contribution is 6.05. The van der Waals surface area contributed by atoms with Crippen LogP contribution in [0.5, 0.6) is 0 Å². The average Bonchev–Trinajstić information content (AvgIpc) is 3.12. The molecule has 4 nitrogen and oxygen atoms in total. The molecule has 26 heavy (non-hydrogen) atoms. The fourth-order valence-corrected chi connectivity index (χ4v) is 3.50. The van der Waals surface area contributed by atoms with Crippen LogP contribution in [-0.4, -0.2) is 35.4 Å². The minimum atomic E-state index is -0.0856. The number of hydrogen-bond acceptors (Lipinski definition) is 2. The van der Waals surface area contributed by atoms with Crippen LogP contribution in [0, 0.1) is 0 Å². The number of nitrogens with one attached hydrogen (secondary N) is 2. The van der Waals surface area contributed by atoms with E-state index in [-0.39, 0.29) is 5.91 Å². The lowest BCUT2D eigenvalue weighted by Crippen LogP contribution is -2.27. The number of benzene rings is 2. The predicted molar refractivity (Wildman–Crippen MR) is 107 cm³/mol. The van der Waals surface area contributed by atoms with Gasteiger partial charge < -0.3 is 10.3 Å². The zero-order chi connectivity index (χ0) is 17.9. The van der Waals surface area contributed by atoms with E-state index < -0.39 is 0 Å². The summed E-state index contributed by atoms with van der Waals surface area (Å²) in [5.41, 5.74) is 5.20. The van der Waals surface area contributed by atoms with Gasteiger partial charge in [-0.1, -0.05) is 31.2 Å². The summed E-state index contributed by atoms with van der Waals surface area (Å²) in [5.74, 6) is -0.0856. The van der Waals surface area contributed by atoms with E-state index >= 15 is 0 Å². The quantitative estimate of drug-likeness (QED) is 0.730. The highest BCUT2D eigenvalue weighted by Crippen LogP contribution is 2.31. The van der Waals surface area contributed by atoms with E-state index in [4.69, 9.17) is 0 Å². The first-order valence-corrected chi connectivity index (χ1v) is 9.14. The highest BCUT2D eigenvalue weighted by atomic mass is 16.1. The van der Waals surface area contributed by atoms with Gasteiger partial charge in [-0.3, -0.25) is 9.69 Å². The van der Waals surface area contributed by atoms with Crippen LogP contribution in [0.4, 0.5) is 5.69 Å². The molecule has 2 aromatic carbocycles. The molecule has 3 aromatic rings. The molecule has 132 valence electrons. The summed E-state index contributed by atoms with van der Waals surface area (Å²) in [6.07, 6.45) is 5.47. The molecule has 0 aliphatic carbocycles. The Kier molecular flexibility index (Phi) is 4.59. The second-order valence-electron chi connectivity index (χ2n) is 6.66. The number of nitrogens with zero attached hydrogens (tertiary/aromatic N) is 1. The molecule has 1 aromatic heterocycles. The highest BCUT2D eigenvalue weighted by Gasteiger charge is 2.15. The Balaban J connectivity index is 1.61.